The van der Waals surface area contributed by atoms with Crippen molar-refractivity contribution in [1.29, 1.82) is 0 Å². The highest BCUT2D eigenvalue weighted by molar-refractivity contribution is 7.92. The lowest BCUT2D eigenvalue weighted by molar-refractivity contribution is -0.115. The number of carbonyl (C=O) groups excluding carboxylic acids is 1. The molecule has 112 valence electrons. The summed E-state index contributed by atoms with van der Waals surface area (Å²) in [5, 5.41) is 5.64. The maximum atomic E-state index is 13.5. The zero-order chi connectivity index (χ0) is 15.7. The van der Waals surface area contributed by atoms with Crippen molar-refractivity contribution in [2.45, 2.75) is 17.1 Å². The molecule has 0 heterocycles. The van der Waals surface area contributed by atoms with E-state index in [0.29, 0.717) is 0 Å². The molecule has 0 saturated heterocycles. The van der Waals surface area contributed by atoms with Gasteiger partial charge in [-0.2, -0.15) is 0 Å². The van der Waals surface area contributed by atoms with Gasteiger partial charge in [-0.05, 0) is 25.1 Å². The lowest BCUT2D eigenvalue weighted by Crippen LogP contribution is -2.31. The first kappa shape index (κ1) is 16.5. The first-order chi connectivity index (χ1) is 8.93. The summed E-state index contributed by atoms with van der Waals surface area (Å²) in [7, 11) is -7.79. The maximum absolute atomic E-state index is 13.5. The third-order valence-corrected chi connectivity index (χ3v) is 4.96. The second-order valence-corrected chi connectivity index (χ2v) is 8.05. The van der Waals surface area contributed by atoms with E-state index < -0.39 is 41.7 Å². The van der Waals surface area contributed by atoms with Gasteiger partial charge < -0.3 is 5.32 Å². The number of nitrogens with one attached hydrogen (secondary N) is 1. The van der Waals surface area contributed by atoms with E-state index in [1.165, 1.54) is 6.92 Å². The van der Waals surface area contributed by atoms with Gasteiger partial charge in [0, 0.05) is 11.9 Å². The van der Waals surface area contributed by atoms with Crippen LogP contribution in [-0.2, 0) is 24.7 Å². The second kappa shape index (κ2) is 5.46. The van der Waals surface area contributed by atoms with Crippen LogP contribution in [0.25, 0.3) is 0 Å². The van der Waals surface area contributed by atoms with Crippen LogP contribution in [0.2, 0.25) is 0 Å². The van der Waals surface area contributed by atoms with Gasteiger partial charge in [0.2, 0.25) is 15.9 Å². The topological polar surface area (TPSA) is 123 Å². The van der Waals surface area contributed by atoms with Crippen LogP contribution in [0, 0.1) is 5.82 Å². The summed E-state index contributed by atoms with van der Waals surface area (Å²) in [6.45, 7) is 1.18. The molecular formula is C10H13FN2O5S2. The van der Waals surface area contributed by atoms with Gasteiger partial charge >= 0.3 is 0 Å². The Bertz CT molecular complexity index is 743. The fourth-order valence-electron chi connectivity index (χ4n) is 1.25. The molecule has 0 spiro atoms. The first-order valence-electron chi connectivity index (χ1n) is 5.25. The Hall–Kier alpha value is -1.52. The SMILES string of the molecule is CC(C(=O)Nc1ccc(S(N)(=O)=O)c(F)c1)S(C)(=O)=O. The molecule has 0 aliphatic rings. The van der Waals surface area contributed by atoms with E-state index in [4.69, 9.17) is 5.14 Å². The number of anilines is 1. The van der Waals surface area contributed by atoms with Gasteiger partial charge in [-0.15, -0.1) is 0 Å². The van der Waals surface area contributed by atoms with Crippen LogP contribution in [0.5, 0.6) is 0 Å². The summed E-state index contributed by atoms with van der Waals surface area (Å²) >= 11 is 0. The van der Waals surface area contributed by atoms with Crippen LogP contribution in [-0.4, -0.2) is 34.2 Å². The van der Waals surface area contributed by atoms with Crippen LogP contribution < -0.4 is 10.5 Å². The molecule has 1 unspecified atom stereocenters. The molecule has 10 heteroatoms. The molecule has 1 aromatic carbocycles. The summed E-state index contributed by atoms with van der Waals surface area (Å²) < 4.78 is 57.9. The quantitative estimate of drug-likeness (QED) is 0.797. The number of nitrogens with two attached hydrogens (primary N) is 1. The predicted molar refractivity (Wildman–Crippen MR) is 70.7 cm³/mol. The molecule has 1 aromatic rings. The van der Waals surface area contributed by atoms with Crippen molar-refractivity contribution in [3.63, 3.8) is 0 Å². The van der Waals surface area contributed by atoms with Crippen molar-refractivity contribution in [3.8, 4) is 0 Å². The molecule has 0 aliphatic carbocycles. The molecule has 20 heavy (non-hydrogen) atoms. The minimum atomic E-state index is -4.20. The Kier molecular flexibility index (Phi) is 4.52. The normalized spacial score (nSPS) is 13.8. The van der Waals surface area contributed by atoms with Crippen molar-refractivity contribution in [1.82, 2.24) is 0 Å². The van der Waals surface area contributed by atoms with E-state index in [1.807, 2.05) is 0 Å². The van der Waals surface area contributed by atoms with Crippen molar-refractivity contribution < 1.29 is 26.0 Å². The zero-order valence-corrected chi connectivity index (χ0v) is 12.3. The van der Waals surface area contributed by atoms with Crippen molar-refractivity contribution in [2.75, 3.05) is 11.6 Å². The van der Waals surface area contributed by atoms with E-state index in [9.17, 15) is 26.0 Å². The van der Waals surface area contributed by atoms with Crippen LogP contribution in [0.15, 0.2) is 23.1 Å². The van der Waals surface area contributed by atoms with Crippen LogP contribution in [0.1, 0.15) is 6.92 Å². The summed E-state index contributed by atoms with van der Waals surface area (Å²) in [5.74, 6) is -1.99. The van der Waals surface area contributed by atoms with Crippen molar-refractivity contribution >= 4 is 31.5 Å². The Balaban J connectivity index is 3.02. The summed E-state index contributed by atoms with van der Waals surface area (Å²) in [4.78, 5) is 10.9. The standard InChI is InChI=1S/C10H13FN2O5S2/c1-6(19(2,15)16)10(14)13-7-3-4-9(8(11)5-7)20(12,17)18/h3-6H,1-2H3,(H,13,14)(H2,12,17,18). The number of benzene rings is 1. The number of hydrogen-bond acceptors (Lipinski definition) is 5. The molecule has 0 bridgehead atoms. The summed E-state index contributed by atoms with van der Waals surface area (Å²) in [5.41, 5.74) is -0.0737. The Labute approximate surface area is 115 Å². The fraction of sp³-hybridized carbons (Fsp3) is 0.300. The highest BCUT2D eigenvalue weighted by Gasteiger charge is 2.24. The Morgan fingerprint density at radius 2 is 1.85 bits per heavy atom. The third-order valence-electron chi connectivity index (χ3n) is 2.52. The highest BCUT2D eigenvalue weighted by atomic mass is 32.2. The molecule has 1 amide bonds. The third kappa shape index (κ3) is 3.99. The van der Waals surface area contributed by atoms with Crippen LogP contribution >= 0.6 is 0 Å². The highest BCUT2D eigenvalue weighted by Crippen LogP contribution is 2.18. The molecule has 0 fully saturated rings. The maximum Gasteiger partial charge on any atom is 0.242 e. The molecule has 0 radical (unpaired) electrons. The average Bonchev–Trinajstić information content (AvgIpc) is 2.24. The molecule has 0 saturated carbocycles. The predicted octanol–water partition coefficient (Wildman–Crippen LogP) is -0.155. The van der Waals surface area contributed by atoms with Crippen molar-refractivity contribution in [2.24, 2.45) is 5.14 Å². The lowest BCUT2D eigenvalue weighted by Gasteiger charge is -2.11. The number of sulfone groups is 1. The molecule has 1 rings (SSSR count). The van der Waals surface area contributed by atoms with E-state index in [-0.39, 0.29) is 5.69 Å². The number of primary sulfonamides is 1. The number of amides is 1. The Morgan fingerprint density at radius 3 is 2.25 bits per heavy atom. The number of halogens is 1. The fourth-order valence-corrected chi connectivity index (χ4v) is 2.28. The Morgan fingerprint density at radius 1 is 1.30 bits per heavy atom. The minimum Gasteiger partial charge on any atom is -0.325 e. The lowest BCUT2D eigenvalue weighted by atomic mass is 10.3. The zero-order valence-electron chi connectivity index (χ0n) is 10.6. The average molecular weight is 324 g/mol. The van der Waals surface area contributed by atoms with E-state index in [2.05, 4.69) is 5.32 Å². The first-order valence-corrected chi connectivity index (χ1v) is 8.75. The molecule has 3 N–H and O–H groups in total. The largest absolute Gasteiger partial charge is 0.325 e. The van der Waals surface area contributed by atoms with Crippen LogP contribution in [0.3, 0.4) is 0 Å². The van der Waals surface area contributed by atoms with E-state index >= 15 is 0 Å². The monoisotopic (exact) mass is 324 g/mol. The van der Waals surface area contributed by atoms with Gasteiger partial charge in [0.25, 0.3) is 0 Å². The molecule has 0 aromatic heterocycles. The number of carbonyl (C=O) groups is 1. The number of hydrogen-bond donors (Lipinski definition) is 2. The van der Waals surface area contributed by atoms with Crippen molar-refractivity contribution in [3.05, 3.63) is 24.0 Å². The van der Waals surface area contributed by atoms with Gasteiger partial charge in [-0.1, -0.05) is 0 Å². The van der Waals surface area contributed by atoms with E-state index in [0.717, 1.165) is 24.5 Å². The van der Waals surface area contributed by atoms with Crippen LogP contribution in [0.4, 0.5) is 10.1 Å². The van der Waals surface area contributed by atoms with Gasteiger partial charge in [-0.25, -0.2) is 26.4 Å². The smallest absolute Gasteiger partial charge is 0.242 e. The summed E-state index contributed by atoms with van der Waals surface area (Å²) in [6, 6.07) is 2.73. The van der Waals surface area contributed by atoms with Gasteiger partial charge in [-0.3, -0.25) is 4.79 Å². The number of sulfonamides is 1. The van der Waals surface area contributed by atoms with Gasteiger partial charge in [0.05, 0.1) is 0 Å². The number of rotatable bonds is 4. The molecule has 0 aliphatic heterocycles. The molecule has 7 nitrogen and oxygen atoms in total. The molecule has 1 atom stereocenters. The second-order valence-electron chi connectivity index (χ2n) is 4.15. The van der Waals surface area contributed by atoms with E-state index in [1.54, 1.807) is 0 Å². The minimum absolute atomic E-state index is 0.0737. The van der Waals surface area contributed by atoms with Gasteiger partial charge in [0.1, 0.15) is 16.0 Å². The molecular weight excluding hydrogens is 311 g/mol. The summed E-state index contributed by atoms with van der Waals surface area (Å²) in [6.07, 6.45) is 0.891. The van der Waals surface area contributed by atoms with Gasteiger partial charge in [0.15, 0.2) is 9.84 Å².